The third-order valence-corrected chi connectivity index (χ3v) is 4.63. The summed E-state index contributed by atoms with van der Waals surface area (Å²) in [6.45, 7) is 6.25. The predicted octanol–water partition coefficient (Wildman–Crippen LogP) is 2.72. The molecule has 0 bridgehead atoms. The van der Waals surface area contributed by atoms with E-state index in [-0.39, 0.29) is 23.6 Å². The summed E-state index contributed by atoms with van der Waals surface area (Å²) in [5, 5.41) is 23.2. The number of anilines is 1. The molecular formula is C18H27N3O4. The Hall–Kier alpha value is -2.15. The van der Waals surface area contributed by atoms with Crippen molar-refractivity contribution >= 4 is 17.3 Å². The summed E-state index contributed by atoms with van der Waals surface area (Å²) < 4.78 is 0. The molecule has 0 saturated carbocycles. The van der Waals surface area contributed by atoms with Crippen molar-refractivity contribution in [3.63, 3.8) is 0 Å². The monoisotopic (exact) mass is 349 g/mol. The first-order valence-electron chi connectivity index (χ1n) is 8.76. The first kappa shape index (κ1) is 19.2. The number of rotatable bonds is 8. The fraction of sp³-hybridized carbons (Fsp3) is 0.611. The Bertz CT molecular complexity index is 625. The molecule has 1 aromatic carbocycles. The van der Waals surface area contributed by atoms with Crippen LogP contribution in [0.2, 0.25) is 0 Å². The van der Waals surface area contributed by atoms with Gasteiger partial charge < -0.3 is 15.3 Å². The number of nitrogens with zero attached hydrogens (tertiary/aromatic N) is 2. The van der Waals surface area contributed by atoms with Crippen LogP contribution in [0.1, 0.15) is 49.9 Å². The number of nitrogens with one attached hydrogen (secondary N) is 1. The zero-order valence-corrected chi connectivity index (χ0v) is 15.0. The van der Waals surface area contributed by atoms with E-state index in [1.165, 1.54) is 12.1 Å². The van der Waals surface area contributed by atoms with E-state index >= 15 is 0 Å². The molecule has 2 N–H and O–H groups in total. The summed E-state index contributed by atoms with van der Waals surface area (Å²) >= 11 is 0. The number of nitro benzene ring substituents is 1. The lowest BCUT2D eigenvalue weighted by Crippen LogP contribution is -2.29. The van der Waals surface area contributed by atoms with E-state index in [1.807, 2.05) is 13.8 Å². The van der Waals surface area contributed by atoms with Crippen LogP contribution in [0.3, 0.4) is 0 Å². The summed E-state index contributed by atoms with van der Waals surface area (Å²) in [7, 11) is 0. The summed E-state index contributed by atoms with van der Waals surface area (Å²) in [4.78, 5) is 25.3. The van der Waals surface area contributed by atoms with Crippen molar-refractivity contribution in [2.24, 2.45) is 5.41 Å². The van der Waals surface area contributed by atoms with Crippen molar-refractivity contribution in [1.29, 1.82) is 0 Å². The van der Waals surface area contributed by atoms with Crippen molar-refractivity contribution in [3.8, 4) is 0 Å². The van der Waals surface area contributed by atoms with E-state index in [9.17, 15) is 20.0 Å². The number of carbonyl (C=O) groups excluding carboxylic acids is 1. The highest BCUT2D eigenvalue weighted by molar-refractivity contribution is 6.00. The third kappa shape index (κ3) is 5.16. The molecule has 1 aromatic rings. The van der Waals surface area contributed by atoms with Gasteiger partial charge in [0.1, 0.15) is 0 Å². The van der Waals surface area contributed by atoms with Gasteiger partial charge in [0.25, 0.3) is 11.6 Å². The SMILES string of the molecule is CC(C)(CO)CCCNC(=O)c1cc([N+](=O)[O-])ccc1N1CCCC1. The number of hydrogen-bond donors (Lipinski definition) is 2. The summed E-state index contributed by atoms with van der Waals surface area (Å²) in [5.41, 5.74) is 0.875. The first-order chi connectivity index (χ1) is 11.8. The van der Waals surface area contributed by atoms with Gasteiger partial charge in [0.15, 0.2) is 0 Å². The number of benzene rings is 1. The summed E-state index contributed by atoms with van der Waals surface area (Å²) in [5.74, 6) is -0.285. The van der Waals surface area contributed by atoms with Gasteiger partial charge in [-0.1, -0.05) is 13.8 Å². The fourth-order valence-corrected chi connectivity index (χ4v) is 3.00. The lowest BCUT2D eigenvalue weighted by molar-refractivity contribution is -0.384. The topological polar surface area (TPSA) is 95.7 Å². The van der Waals surface area contributed by atoms with Crippen LogP contribution in [-0.2, 0) is 0 Å². The van der Waals surface area contributed by atoms with Crippen LogP contribution in [0.4, 0.5) is 11.4 Å². The molecule has 138 valence electrons. The van der Waals surface area contributed by atoms with Gasteiger partial charge in [0.2, 0.25) is 0 Å². The summed E-state index contributed by atoms with van der Waals surface area (Å²) in [6, 6.07) is 4.49. The molecule has 0 unspecified atom stereocenters. The summed E-state index contributed by atoms with van der Waals surface area (Å²) in [6.07, 6.45) is 3.66. The van der Waals surface area contributed by atoms with E-state index in [1.54, 1.807) is 6.07 Å². The lowest BCUT2D eigenvalue weighted by Gasteiger charge is -2.22. The van der Waals surface area contributed by atoms with Crippen molar-refractivity contribution in [2.45, 2.75) is 39.5 Å². The molecule has 1 heterocycles. The smallest absolute Gasteiger partial charge is 0.270 e. The molecule has 1 aliphatic heterocycles. The largest absolute Gasteiger partial charge is 0.396 e. The van der Waals surface area contributed by atoms with Gasteiger partial charge in [0.05, 0.1) is 16.2 Å². The lowest BCUT2D eigenvalue weighted by atomic mass is 9.89. The van der Waals surface area contributed by atoms with Crippen molar-refractivity contribution < 1.29 is 14.8 Å². The molecule has 0 spiro atoms. The van der Waals surface area contributed by atoms with Gasteiger partial charge in [-0.15, -0.1) is 0 Å². The fourth-order valence-electron chi connectivity index (χ4n) is 3.00. The average molecular weight is 349 g/mol. The highest BCUT2D eigenvalue weighted by Gasteiger charge is 2.22. The Morgan fingerprint density at radius 3 is 2.64 bits per heavy atom. The van der Waals surface area contributed by atoms with Crippen molar-refractivity contribution in [2.75, 3.05) is 31.1 Å². The third-order valence-electron chi connectivity index (χ3n) is 4.63. The second-order valence-electron chi connectivity index (χ2n) is 7.33. The van der Waals surface area contributed by atoms with E-state index in [0.717, 1.165) is 44.5 Å². The minimum atomic E-state index is -0.478. The molecule has 1 saturated heterocycles. The van der Waals surface area contributed by atoms with Gasteiger partial charge in [-0.3, -0.25) is 14.9 Å². The Labute approximate surface area is 148 Å². The van der Waals surface area contributed by atoms with E-state index in [2.05, 4.69) is 10.2 Å². The van der Waals surface area contributed by atoms with Gasteiger partial charge in [0, 0.05) is 38.4 Å². The Morgan fingerprint density at radius 1 is 1.36 bits per heavy atom. The van der Waals surface area contributed by atoms with E-state index < -0.39 is 4.92 Å². The van der Waals surface area contributed by atoms with Crippen LogP contribution in [0.5, 0.6) is 0 Å². The maximum Gasteiger partial charge on any atom is 0.270 e. The molecule has 0 aromatic heterocycles. The molecule has 2 rings (SSSR count). The maximum atomic E-state index is 12.6. The zero-order chi connectivity index (χ0) is 18.4. The van der Waals surface area contributed by atoms with Crippen LogP contribution in [-0.4, -0.2) is 42.2 Å². The minimum absolute atomic E-state index is 0.0745. The number of aliphatic hydroxyl groups excluding tert-OH is 1. The first-order valence-corrected chi connectivity index (χ1v) is 8.76. The van der Waals surface area contributed by atoms with Crippen LogP contribution in [0.15, 0.2) is 18.2 Å². The number of nitro groups is 1. The predicted molar refractivity (Wildman–Crippen MR) is 97.0 cm³/mol. The van der Waals surface area contributed by atoms with E-state index in [4.69, 9.17) is 0 Å². The Morgan fingerprint density at radius 2 is 2.04 bits per heavy atom. The molecule has 7 nitrogen and oxygen atoms in total. The van der Waals surface area contributed by atoms with Crippen LogP contribution < -0.4 is 10.2 Å². The molecule has 0 aliphatic carbocycles. The van der Waals surface area contributed by atoms with Gasteiger partial charge in [-0.25, -0.2) is 0 Å². The van der Waals surface area contributed by atoms with Crippen molar-refractivity contribution in [1.82, 2.24) is 5.32 Å². The number of amides is 1. The zero-order valence-electron chi connectivity index (χ0n) is 15.0. The molecular weight excluding hydrogens is 322 g/mol. The second-order valence-corrected chi connectivity index (χ2v) is 7.33. The van der Waals surface area contributed by atoms with Crippen molar-refractivity contribution in [3.05, 3.63) is 33.9 Å². The number of carbonyl (C=O) groups is 1. The van der Waals surface area contributed by atoms with E-state index in [0.29, 0.717) is 12.1 Å². The quantitative estimate of drug-likeness (QED) is 0.427. The van der Waals surface area contributed by atoms with Gasteiger partial charge in [-0.2, -0.15) is 0 Å². The second kappa shape index (κ2) is 8.29. The average Bonchev–Trinajstić information content (AvgIpc) is 3.12. The molecule has 1 aliphatic rings. The number of aliphatic hydroxyl groups is 1. The molecule has 1 amide bonds. The molecule has 1 fully saturated rings. The standard InChI is InChI=1S/C18H27N3O4/c1-18(2,13-22)8-5-9-19-17(23)15-12-14(21(24)25)6-7-16(15)20-10-3-4-11-20/h6-7,12,22H,3-5,8-11,13H2,1-2H3,(H,19,23). The maximum absolute atomic E-state index is 12.6. The molecule has 0 atom stereocenters. The Balaban J connectivity index is 2.07. The highest BCUT2D eigenvalue weighted by atomic mass is 16.6. The highest BCUT2D eigenvalue weighted by Crippen LogP contribution is 2.28. The number of non-ortho nitro benzene ring substituents is 1. The van der Waals surface area contributed by atoms with Crippen LogP contribution >= 0.6 is 0 Å². The molecule has 7 heteroatoms. The normalized spacial score (nSPS) is 14.6. The van der Waals surface area contributed by atoms with Crippen LogP contribution in [0.25, 0.3) is 0 Å². The molecule has 0 radical (unpaired) electrons. The Kier molecular flexibility index (Phi) is 6.36. The van der Waals surface area contributed by atoms with Crippen LogP contribution in [0, 0.1) is 15.5 Å². The number of hydrogen-bond acceptors (Lipinski definition) is 5. The minimum Gasteiger partial charge on any atom is -0.396 e. The van der Waals surface area contributed by atoms with Gasteiger partial charge >= 0.3 is 0 Å². The van der Waals surface area contributed by atoms with Gasteiger partial charge in [-0.05, 0) is 37.2 Å². The molecule has 25 heavy (non-hydrogen) atoms.